The van der Waals surface area contributed by atoms with E-state index >= 15 is 0 Å². The molecule has 2 aromatic rings. The Morgan fingerprint density at radius 2 is 1.87 bits per heavy atom. The Morgan fingerprint density at radius 1 is 1.17 bits per heavy atom. The van der Waals surface area contributed by atoms with Gasteiger partial charge in [0, 0.05) is 5.56 Å². The van der Waals surface area contributed by atoms with Crippen LogP contribution in [-0.2, 0) is 4.79 Å². The number of aliphatic carboxylic acids is 1. The molecular formula is C17H12ClFO4. The third-order valence-corrected chi connectivity index (χ3v) is 3.18. The number of ketones is 1. The van der Waals surface area contributed by atoms with E-state index in [0.717, 1.165) is 11.6 Å². The highest BCUT2D eigenvalue weighted by Crippen LogP contribution is 2.19. The summed E-state index contributed by atoms with van der Waals surface area (Å²) in [5.41, 5.74) is 0.935. The van der Waals surface area contributed by atoms with Gasteiger partial charge in [0.15, 0.2) is 12.4 Å². The average molecular weight is 335 g/mol. The van der Waals surface area contributed by atoms with E-state index in [1.165, 1.54) is 18.2 Å². The lowest BCUT2D eigenvalue weighted by molar-refractivity contribution is -0.139. The summed E-state index contributed by atoms with van der Waals surface area (Å²) in [6.45, 7) is -0.420. The van der Waals surface area contributed by atoms with Crippen molar-refractivity contribution in [2.24, 2.45) is 0 Å². The van der Waals surface area contributed by atoms with E-state index in [1.54, 1.807) is 30.3 Å². The zero-order valence-electron chi connectivity index (χ0n) is 11.8. The van der Waals surface area contributed by atoms with Crippen LogP contribution in [0.25, 0.3) is 6.08 Å². The van der Waals surface area contributed by atoms with Crippen molar-refractivity contribution in [3.8, 4) is 5.75 Å². The van der Waals surface area contributed by atoms with Crippen LogP contribution in [-0.4, -0.2) is 23.5 Å². The van der Waals surface area contributed by atoms with Crippen LogP contribution in [0.3, 0.4) is 0 Å². The van der Waals surface area contributed by atoms with Gasteiger partial charge in [0.05, 0.1) is 5.02 Å². The van der Waals surface area contributed by atoms with Gasteiger partial charge in [-0.25, -0.2) is 9.18 Å². The molecule has 0 aliphatic rings. The maximum Gasteiger partial charge on any atom is 0.341 e. The van der Waals surface area contributed by atoms with Crippen LogP contribution in [0.4, 0.5) is 4.39 Å². The Hall–Kier alpha value is -2.66. The van der Waals surface area contributed by atoms with E-state index in [9.17, 15) is 14.0 Å². The summed E-state index contributed by atoms with van der Waals surface area (Å²) in [4.78, 5) is 22.4. The lowest BCUT2D eigenvalue weighted by Crippen LogP contribution is -2.09. The monoisotopic (exact) mass is 334 g/mol. The molecule has 0 aliphatic heterocycles. The van der Waals surface area contributed by atoms with Gasteiger partial charge in [0.2, 0.25) is 0 Å². The fourth-order valence-electron chi connectivity index (χ4n) is 1.77. The molecule has 0 saturated carbocycles. The Morgan fingerprint density at radius 3 is 2.48 bits per heavy atom. The summed E-state index contributed by atoms with van der Waals surface area (Å²) in [5, 5.41) is 8.57. The minimum absolute atomic E-state index is 0.0528. The maximum absolute atomic E-state index is 12.9. The zero-order valence-corrected chi connectivity index (χ0v) is 12.6. The number of carbonyl (C=O) groups excluding carboxylic acids is 1. The summed E-state index contributed by atoms with van der Waals surface area (Å²) < 4.78 is 18.0. The molecule has 0 radical (unpaired) electrons. The van der Waals surface area contributed by atoms with E-state index < -0.39 is 18.4 Å². The second-order valence-corrected chi connectivity index (χ2v) is 4.98. The van der Waals surface area contributed by atoms with Crippen LogP contribution in [0.1, 0.15) is 15.9 Å². The van der Waals surface area contributed by atoms with Crippen molar-refractivity contribution < 1.29 is 23.8 Å². The highest BCUT2D eigenvalue weighted by atomic mass is 35.5. The summed E-state index contributed by atoms with van der Waals surface area (Å²) in [5.74, 6) is -1.50. The van der Waals surface area contributed by atoms with Crippen molar-refractivity contribution in [1.82, 2.24) is 0 Å². The van der Waals surface area contributed by atoms with Crippen LogP contribution in [0, 0.1) is 5.82 Å². The van der Waals surface area contributed by atoms with Gasteiger partial charge in [0.1, 0.15) is 11.6 Å². The van der Waals surface area contributed by atoms with Crippen LogP contribution < -0.4 is 4.74 Å². The number of benzene rings is 2. The van der Waals surface area contributed by atoms with Gasteiger partial charge in [-0.1, -0.05) is 29.8 Å². The van der Waals surface area contributed by atoms with E-state index in [0.29, 0.717) is 5.75 Å². The molecule has 0 aliphatic carbocycles. The quantitative estimate of drug-likeness (QED) is 0.644. The van der Waals surface area contributed by atoms with Gasteiger partial charge in [-0.15, -0.1) is 0 Å². The zero-order chi connectivity index (χ0) is 16.8. The van der Waals surface area contributed by atoms with Crippen molar-refractivity contribution in [3.63, 3.8) is 0 Å². The highest BCUT2D eigenvalue weighted by Gasteiger charge is 2.08. The SMILES string of the molecule is O=C(O)COc1ccc(/C=C/C(=O)c2ccc(F)cc2Cl)cc1. The van der Waals surface area contributed by atoms with Crippen molar-refractivity contribution in [2.45, 2.75) is 0 Å². The molecule has 0 bridgehead atoms. The molecule has 6 heteroatoms. The normalized spacial score (nSPS) is 10.7. The number of carboxylic acids is 1. The number of ether oxygens (including phenoxy) is 1. The minimum atomic E-state index is -1.06. The Balaban J connectivity index is 2.04. The van der Waals surface area contributed by atoms with Crippen LogP contribution in [0.2, 0.25) is 5.02 Å². The molecule has 0 atom stereocenters. The van der Waals surface area contributed by atoms with E-state index in [1.807, 2.05) is 0 Å². The molecular weight excluding hydrogens is 323 g/mol. The number of carbonyl (C=O) groups is 2. The van der Waals surface area contributed by atoms with Crippen LogP contribution >= 0.6 is 11.6 Å². The number of hydrogen-bond donors (Lipinski definition) is 1. The van der Waals surface area contributed by atoms with Gasteiger partial charge in [-0.05, 0) is 42.0 Å². The van der Waals surface area contributed by atoms with Crippen molar-refractivity contribution in [2.75, 3.05) is 6.61 Å². The lowest BCUT2D eigenvalue weighted by atomic mass is 10.1. The molecule has 0 amide bonds. The average Bonchev–Trinajstić information content (AvgIpc) is 2.51. The fraction of sp³-hybridized carbons (Fsp3) is 0.0588. The van der Waals surface area contributed by atoms with E-state index in [4.69, 9.17) is 21.4 Å². The molecule has 4 nitrogen and oxygen atoms in total. The van der Waals surface area contributed by atoms with Gasteiger partial charge >= 0.3 is 5.97 Å². The first-order valence-electron chi connectivity index (χ1n) is 6.58. The third kappa shape index (κ3) is 4.93. The van der Waals surface area contributed by atoms with Crippen molar-refractivity contribution in [3.05, 3.63) is 70.5 Å². The summed E-state index contributed by atoms with van der Waals surface area (Å²) >= 11 is 5.83. The molecule has 2 rings (SSSR count). The molecule has 2 aromatic carbocycles. The Labute approximate surface area is 136 Å². The molecule has 118 valence electrons. The second-order valence-electron chi connectivity index (χ2n) is 4.57. The van der Waals surface area contributed by atoms with Crippen molar-refractivity contribution in [1.29, 1.82) is 0 Å². The molecule has 0 spiro atoms. The predicted molar refractivity (Wildman–Crippen MR) is 84.3 cm³/mol. The van der Waals surface area contributed by atoms with E-state index in [-0.39, 0.29) is 16.4 Å². The topological polar surface area (TPSA) is 63.6 Å². The first kappa shape index (κ1) is 16.7. The number of allylic oxidation sites excluding steroid dienone is 1. The van der Waals surface area contributed by atoms with Crippen LogP contribution in [0.15, 0.2) is 48.5 Å². The number of halogens is 2. The molecule has 0 heterocycles. The maximum atomic E-state index is 12.9. The first-order valence-corrected chi connectivity index (χ1v) is 6.95. The summed E-state index contributed by atoms with van der Waals surface area (Å²) in [6.07, 6.45) is 2.90. The molecule has 23 heavy (non-hydrogen) atoms. The summed E-state index contributed by atoms with van der Waals surface area (Å²) in [7, 11) is 0. The predicted octanol–water partition coefficient (Wildman–Crippen LogP) is 3.84. The largest absolute Gasteiger partial charge is 0.482 e. The smallest absolute Gasteiger partial charge is 0.341 e. The van der Waals surface area contributed by atoms with Crippen molar-refractivity contribution >= 4 is 29.4 Å². The standard InChI is InChI=1S/C17H12ClFO4/c18-15-9-12(19)4-7-14(15)16(20)8-3-11-1-5-13(6-2-11)23-10-17(21)22/h1-9H,10H2,(H,21,22)/b8-3+. The molecule has 0 unspecified atom stereocenters. The minimum Gasteiger partial charge on any atom is -0.482 e. The van der Waals surface area contributed by atoms with Crippen LogP contribution in [0.5, 0.6) is 5.75 Å². The second kappa shape index (κ2) is 7.56. The van der Waals surface area contributed by atoms with Gasteiger partial charge in [-0.3, -0.25) is 4.79 Å². The Bertz CT molecular complexity index is 754. The molecule has 0 aromatic heterocycles. The van der Waals surface area contributed by atoms with E-state index in [2.05, 4.69) is 0 Å². The molecule has 0 saturated heterocycles. The fourth-order valence-corrected chi connectivity index (χ4v) is 2.03. The number of hydrogen-bond acceptors (Lipinski definition) is 3. The number of rotatable bonds is 6. The highest BCUT2D eigenvalue weighted by molar-refractivity contribution is 6.34. The van der Waals surface area contributed by atoms with Gasteiger partial charge < -0.3 is 9.84 Å². The third-order valence-electron chi connectivity index (χ3n) is 2.87. The number of carboxylic acid groups (broad SMARTS) is 1. The summed E-state index contributed by atoms with van der Waals surface area (Å²) in [6, 6.07) is 10.1. The Kier molecular flexibility index (Phi) is 5.49. The lowest BCUT2D eigenvalue weighted by Gasteiger charge is -2.03. The van der Waals surface area contributed by atoms with Gasteiger partial charge in [-0.2, -0.15) is 0 Å². The molecule has 1 N–H and O–H groups in total. The first-order chi connectivity index (χ1) is 11.0. The molecule has 0 fully saturated rings. The van der Waals surface area contributed by atoms with Gasteiger partial charge in [0.25, 0.3) is 0 Å².